The predicted molar refractivity (Wildman–Crippen MR) is 102 cm³/mol. The van der Waals surface area contributed by atoms with Crippen LogP contribution >= 0.6 is 0 Å². The molecule has 27 heavy (non-hydrogen) atoms. The summed E-state index contributed by atoms with van der Waals surface area (Å²) in [6.07, 6.45) is 2.64. The molecular weight excluding hydrogens is 366 g/mol. The lowest BCUT2D eigenvalue weighted by atomic mass is 9.77. The van der Waals surface area contributed by atoms with Gasteiger partial charge in [0.25, 0.3) is 0 Å². The van der Waals surface area contributed by atoms with Crippen molar-refractivity contribution in [3.05, 3.63) is 41.5 Å². The monoisotopic (exact) mass is 391 g/mol. The highest BCUT2D eigenvalue weighted by Crippen LogP contribution is 2.37. The maximum Gasteiger partial charge on any atom is 0.243 e. The summed E-state index contributed by atoms with van der Waals surface area (Å²) < 4.78 is 32.2. The summed E-state index contributed by atoms with van der Waals surface area (Å²) in [4.78, 5) is 6.44. The number of sulfonamides is 1. The lowest BCUT2D eigenvalue weighted by molar-refractivity contribution is 0.229. The van der Waals surface area contributed by atoms with Crippen molar-refractivity contribution < 1.29 is 12.9 Å². The van der Waals surface area contributed by atoms with Gasteiger partial charge in [0.2, 0.25) is 15.9 Å². The van der Waals surface area contributed by atoms with Gasteiger partial charge in [-0.25, -0.2) is 8.42 Å². The summed E-state index contributed by atoms with van der Waals surface area (Å²) >= 11 is 0. The van der Waals surface area contributed by atoms with Crippen molar-refractivity contribution in [2.75, 3.05) is 31.1 Å². The maximum atomic E-state index is 12.7. The summed E-state index contributed by atoms with van der Waals surface area (Å²) in [5.74, 6) is 0.256. The van der Waals surface area contributed by atoms with E-state index in [4.69, 9.17) is 10.3 Å². The van der Waals surface area contributed by atoms with E-state index in [1.165, 1.54) is 9.87 Å². The van der Waals surface area contributed by atoms with Crippen molar-refractivity contribution >= 4 is 15.7 Å². The average Bonchev–Trinajstić information content (AvgIpc) is 3.08. The number of hydrogen-bond donors (Lipinski definition) is 1. The van der Waals surface area contributed by atoms with Gasteiger partial charge in [-0.05, 0) is 43.9 Å². The number of aromatic nitrogens is 2. The third-order valence-electron chi connectivity index (χ3n) is 5.46. The summed E-state index contributed by atoms with van der Waals surface area (Å²) in [5.41, 5.74) is 7.94. The topological polar surface area (TPSA) is 106 Å². The van der Waals surface area contributed by atoms with Crippen LogP contribution in [0.2, 0.25) is 0 Å². The molecule has 1 aromatic carbocycles. The number of nitrogens with zero attached hydrogens (tertiary/aromatic N) is 4. The van der Waals surface area contributed by atoms with Crippen molar-refractivity contribution in [2.24, 2.45) is 5.73 Å². The van der Waals surface area contributed by atoms with Gasteiger partial charge in [-0.15, -0.1) is 0 Å². The van der Waals surface area contributed by atoms with Crippen LogP contribution in [-0.4, -0.2) is 49.0 Å². The molecular formula is C18H25N5O3S. The first-order valence-electron chi connectivity index (χ1n) is 9.27. The van der Waals surface area contributed by atoms with Crippen molar-refractivity contribution in [3.63, 3.8) is 0 Å². The molecule has 0 radical (unpaired) electrons. The van der Waals surface area contributed by atoms with Crippen LogP contribution < -0.4 is 10.6 Å². The molecule has 1 aliphatic heterocycles. The zero-order valence-corrected chi connectivity index (χ0v) is 16.3. The molecule has 1 saturated heterocycles. The van der Waals surface area contributed by atoms with Crippen LogP contribution in [0.4, 0.5) is 5.69 Å². The van der Waals surface area contributed by atoms with Crippen molar-refractivity contribution in [1.82, 2.24) is 14.4 Å². The van der Waals surface area contributed by atoms with E-state index in [1.807, 2.05) is 6.07 Å². The van der Waals surface area contributed by atoms with Crippen LogP contribution in [0.3, 0.4) is 0 Å². The molecule has 2 aromatic rings. The molecule has 0 bridgehead atoms. The molecule has 4 rings (SSSR count). The van der Waals surface area contributed by atoms with E-state index in [9.17, 15) is 8.42 Å². The van der Waals surface area contributed by atoms with Crippen LogP contribution in [0.15, 0.2) is 28.8 Å². The molecule has 0 spiro atoms. The summed E-state index contributed by atoms with van der Waals surface area (Å²) in [7, 11) is -3.50. The SMILES string of the molecule is Cc1cccc(N2CCN(S(=O)(=O)Cc3nc(C4(N)CCC4)no3)CC2)c1. The Balaban J connectivity index is 1.39. The molecule has 2 heterocycles. The molecule has 9 heteroatoms. The largest absolute Gasteiger partial charge is 0.369 e. The third-order valence-corrected chi connectivity index (χ3v) is 7.23. The fourth-order valence-corrected chi connectivity index (χ4v) is 4.93. The van der Waals surface area contributed by atoms with Gasteiger partial charge in [-0.3, -0.25) is 0 Å². The first-order valence-corrected chi connectivity index (χ1v) is 10.9. The maximum absolute atomic E-state index is 12.7. The van der Waals surface area contributed by atoms with E-state index in [1.54, 1.807) is 0 Å². The van der Waals surface area contributed by atoms with Gasteiger partial charge >= 0.3 is 0 Å². The lowest BCUT2D eigenvalue weighted by Crippen LogP contribution is -2.49. The van der Waals surface area contributed by atoms with Crippen LogP contribution in [-0.2, 0) is 21.3 Å². The highest BCUT2D eigenvalue weighted by molar-refractivity contribution is 7.88. The number of anilines is 1. The number of hydrogen-bond acceptors (Lipinski definition) is 7. The predicted octanol–water partition coefficient (Wildman–Crippen LogP) is 1.37. The quantitative estimate of drug-likeness (QED) is 0.820. The van der Waals surface area contributed by atoms with Crippen LogP contribution in [0.25, 0.3) is 0 Å². The molecule has 8 nitrogen and oxygen atoms in total. The first kappa shape index (κ1) is 18.4. The second-order valence-corrected chi connectivity index (χ2v) is 9.47. The molecule has 1 aromatic heterocycles. The number of rotatable bonds is 5. The van der Waals surface area contributed by atoms with Gasteiger partial charge in [0.1, 0.15) is 5.75 Å². The Morgan fingerprint density at radius 3 is 2.59 bits per heavy atom. The van der Waals surface area contributed by atoms with E-state index in [-0.39, 0.29) is 11.6 Å². The minimum absolute atomic E-state index is 0.114. The van der Waals surface area contributed by atoms with Gasteiger partial charge in [-0.1, -0.05) is 17.3 Å². The van der Waals surface area contributed by atoms with Gasteiger partial charge in [0.15, 0.2) is 5.82 Å². The Morgan fingerprint density at radius 1 is 1.22 bits per heavy atom. The van der Waals surface area contributed by atoms with Crippen LogP contribution in [0, 0.1) is 6.92 Å². The third kappa shape index (κ3) is 3.71. The Hall–Kier alpha value is -1.97. The van der Waals surface area contributed by atoms with E-state index >= 15 is 0 Å². The van der Waals surface area contributed by atoms with Gasteiger partial charge < -0.3 is 15.2 Å². The van der Waals surface area contributed by atoms with Crippen molar-refractivity contribution in [1.29, 1.82) is 0 Å². The fraction of sp³-hybridized carbons (Fsp3) is 0.556. The zero-order chi connectivity index (χ0) is 19.1. The van der Waals surface area contributed by atoms with Gasteiger partial charge in [-0.2, -0.15) is 9.29 Å². The second kappa shape index (κ2) is 6.88. The van der Waals surface area contributed by atoms with Crippen molar-refractivity contribution in [3.8, 4) is 0 Å². The minimum Gasteiger partial charge on any atom is -0.369 e. The number of benzene rings is 1. The molecule has 2 N–H and O–H groups in total. The standard InChI is InChI=1S/C18H25N5O3S/c1-14-4-2-5-15(12-14)22-8-10-23(11-9-22)27(24,25)13-16-20-17(21-26-16)18(19)6-3-7-18/h2,4-5,12H,3,6-11,13,19H2,1H3. The van der Waals surface area contributed by atoms with Crippen molar-refractivity contribution in [2.45, 2.75) is 37.5 Å². The molecule has 1 saturated carbocycles. The summed E-state index contributed by atoms with van der Waals surface area (Å²) in [6.45, 7) is 4.25. The van der Waals surface area contributed by atoms with E-state index < -0.39 is 15.6 Å². The van der Waals surface area contributed by atoms with E-state index in [0.717, 1.165) is 24.9 Å². The molecule has 0 unspecified atom stereocenters. The lowest BCUT2D eigenvalue weighted by Gasteiger charge is -2.35. The van der Waals surface area contributed by atoms with E-state index in [0.29, 0.717) is 32.0 Å². The Bertz CT molecular complexity index is 915. The molecule has 0 amide bonds. The first-order chi connectivity index (χ1) is 12.9. The van der Waals surface area contributed by atoms with E-state index in [2.05, 4.69) is 40.2 Å². The number of aryl methyl sites for hydroxylation is 1. The Kier molecular flexibility index (Phi) is 4.69. The van der Waals surface area contributed by atoms with Gasteiger partial charge in [0, 0.05) is 31.9 Å². The molecule has 0 atom stereocenters. The van der Waals surface area contributed by atoms with Crippen LogP contribution in [0.5, 0.6) is 0 Å². The number of nitrogens with two attached hydrogens (primary N) is 1. The smallest absolute Gasteiger partial charge is 0.243 e. The van der Waals surface area contributed by atoms with Gasteiger partial charge in [0.05, 0.1) is 5.54 Å². The zero-order valence-electron chi connectivity index (χ0n) is 15.5. The summed E-state index contributed by atoms with van der Waals surface area (Å²) in [5, 5.41) is 3.90. The minimum atomic E-state index is -3.50. The molecule has 1 aliphatic carbocycles. The average molecular weight is 391 g/mol. The fourth-order valence-electron chi connectivity index (χ4n) is 3.59. The summed E-state index contributed by atoms with van der Waals surface area (Å²) in [6, 6.07) is 8.25. The van der Waals surface area contributed by atoms with Crippen LogP contribution in [0.1, 0.15) is 36.5 Å². The normalized spacial score (nSPS) is 20.4. The molecule has 2 aliphatic rings. The highest BCUT2D eigenvalue weighted by atomic mass is 32.2. The number of piperazine rings is 1. The molecule has 2 fully saturated rings. The Morgan fingerprint density at radius 2 is 1.96 bits per heavy atom. The second-order valence-electron chi connectivity index (χ2n) is 7.50. The molecule has 146 valence electrons. The highest BCUT2D eigenvalue weighted by Gasteiger charge is 2.39. The Labute approximate surface area is 159 Å².